The zero-order chi connectivity index (χ0) is 13.4. The van der Waals surface area contributed by atoms with Crippen LogP contribution in [0, 0.1) is 11.7 Å². The van der Waals surface area contributed by atoms with E-state index in [1.54, 1.807) is 0 Å². The third-order valence-electron chi connectivity index (χ3n) is 4.55. The molecule has 2 aromatic rings. The summed E-state index contributed by atoms with van der Waals surface area (Å²) in [6, 6.07) is 6.00. The molecule has 19 heavy (non-hydrogen) atoms. The number of aromatic nitrogens is 1. The average Bonchev–Trinajstić information content (AvgIpc) is 2.96. The van der Waals surface area contributed by atoms with Crippen molar-refractivity contribution in [1.82, 2.24) is 9.88 Å². The minimum absolute atomic E-state index is 0.122. The van der Waals surface area contributed by atoms with Crippen LogP contribution in [0.4, 0.5) is 4.39 Å². The molecule has 0 saturated heterocycles. The van der Waals surface area contributed by atoms with E-state index in [2.05, 4.69) is 11.5 Å². The highest BCUT2D eigenvalue weighted by Crippen LogP contribution is 2.32. The molecule has 3 rings (SSSR count). The first-order chi connectivity index (χ1) is 9.20. The number of rotatable bonds is 3. The molecule has 2 atom stereocenters. The second-order valence-electron chi connectivity index (χ2n) is 5.69. The van der Waals surface area contributed by atoms with Crippen molar-refractivity contribution in [2.45, 2.75) is 31.7 Å². The van der Waals surface area contributed by atoms with Crippen LogP contribution in [-0.4, -0.2) is 17.7 Å². The molecular weight excluding hydrogens is 239 g/mol. The van der Waals surface area contributed by atoms with E-state index in [1.165, 1.54) is 30.9 Å². The Balaban J connectivity index is 1.95. The molecule has 0 spiro atoms. The molecule has 1 heterocycles. The number of para-hydroxylation sites is 1. The lowest BCUT2D eigenvalue weighted by Gasteiger charge is -2.18. The molecule has 1 aromatic heterocycles. The summed E-state index contributed by atoms with van der Waals surface area (Å²) in [5.41, 5.74) is 2.01. The lowest BCUT2D eigenvalue weighted by molar-refractivity contribution is 0.424. The summed E-state index contributed by atoms with van der Waals surface area (Å²) >= 11 is 0. The van der Waals surface area contributed by atoms with Gasteiger partial charge in [-0.15, -0.1) is 0 Å². The number of fused-ring (bicyclic) bond motifs is 1. The van der Waals surface area contributed by atoms with E-state index in [0.717, 1.165) is 17.3 Å². The van der Waals surface area contributed by atoms with Crippen molar-refractivity contribution in [3.63, 3.8) is 0 Å². The van der Waals surface area contributed by atoms with E-state index >= 15 is 0 Å². The van der Waals surface area contributed by atoms with E-state index in [1.807, 2.05) is 30.8 Å². The molecule has 0 aliphatic heterocycles. The van der Waals surface area contributed by atoms with E-state index in [0.29, 0.717) is 12.0 Å². The van der Waals surface area contributed by atoms with Gasteiger partial charge in [0.05, 0.1) is 5.52 Å². The predicted molar refractivity (Wildman–Crippen MR) is 76.8 cm³/mol. The summed E-state index contributed by atoms with van der Waals surface area (Å²) < 4.78 is 15.8. The second-order valence-corrected chi connectivity index (χ2v) is 5.69. The first-order valence-electron chi connectivity index (χ1n) is 7.10. The number of aryl methyl sites for hydroxylation is 1. The van der Waals surface area contributed by atoms with Crippen molar-refractivity contribution in [2.75, 3.05) is 7.05 Å². The van der Waals surface area contributed by atoms with Gasteiger partial charge in [-0.25, -0.2) is 4.39 Å². The molecule has 1 fully saturated rings. The molecule has 3 heteroatoms. The Kier molecular flexibility index (Phi) is 3.31. The highest BCUT2D eigenvalue weighted by molar-refractivity contribution is 5.84. The Morgan fingerprint density at radius 3 is 3.00 bits per heavy atom. The Morgan fingerprint density at radius 1 is 1.37 bits per heavy atom. The smallest absolute Gasteiger partial charge is 0.147 e. The summed E-state index contributed by atoms with van der Waals surface area (Å²) in [6.45, 7) is 0. The van der Waals surface area contributed by atoms with Gasteiger partial charge in [0, 0.05) is 24.7 Å². The SMILES string of the molecule is CNC1CCCC1Cc1cn(C)c2c(F)cccc12. The first kappa shape index (κ1) is 12.7. The maximum Gasteiger partial charge on any atom is 0.147 e. The van der Waals surface area contributed by atoms with Gasteiger partial charge < -0.3 is 9.88 Å². The van der Waals surface area contributed by atoms with Crippen LogP contribution < -0.4 is 5.32 Å². The summed E-state index contributed by atoms with van der Waals surface area (Å²) in [5, 5.41) is 4.49. The average molecular weight is 260 g/mol. The molecule has 1 saturated carbocycles. The molecule has 102 valence electrons. The minimum Gasteiger partial charge on any atom is -0.348 e. The van der Waals surface area contributed by atoms with Crippen LogP contribution in [-0.2, 0) is 13.5 Å². The van der Waals surface area contributed by atoms with Crippen molar-refractivity contribution in [1.29, 1.82) is 0 Å². The summed E-state index contributed by atoms with van der Waals surface area (Å²) in [7, 11) is 3.98. The van der Waals surface area contributed by atoms with E-state index in [9.17, 15) is 4.39 Å². The van der Waals surface area contributed by atoms with Gasteiger partial charge in [0.1, 0.15) is 5.82 Å². The molecule has 1 aliphatic carbocycles. The number of benzene rings is 1. The number of nitrogens with one attached hydrogen (secondary N) is 1. The van der Waals surface area contributed by atoms with E-state index in [-0.39, 0.29) is 5.82 Å². The maximum atomic E-state index is 13.9. The molecule has 1 N–H and O–H groups in total. The normalized spacial score (nSPS) is 23.3. The molecular formula is C16H21FN2. The number of hydrogen-bond donors (Lipinski definition) is 1. The quantitative estimate of drug-likeness (QED) is 0.896. The van der Waals surface area contributed by atoms with Crippen molar-refractivity contribution in [3.8, 4) is 0 Å². The van der Waals surface area contributed by atoms with Gasteiger partial charge in [0.15, 0.2) is 0 Å². The highest BCUT2D eigenvalue weighted by atomic mass is 19.1. The van der Waals surface area contributed by atoms with Gasteiger partial charge in [0.25, 0.3) is 0 Å². The lowest BCUT2D eigenvalue weighted by atomic mass is 9.94. The van der Waals surface area contributed by atoms with Gasteiger partial charge in [-0.05, 0) is 43.9 Å². The summed E-state index contributed by atoms with van der Waals surface area (Å²) in [4.78, 5) is 0. The predicted octanol–water partition coefficient (Wildman–Crippen LogP) is 3.25. The van der Waals surface area contributed by atoms with Crippen LogP contribution in [0.5, 0.6) is 0 Å². The van der Waals surface area contributed by atoms with Crippen LogP contribution in [0.3, 0.4) is 0 Å². The minimum atomic E-state index is -0.122. The number of hydrogen-bond acceptors (Lipinski definition) is 1. The molecule has 1 aromatic carbocycles. The van der Waals surface area contributed by atoms with Gasteiger partial charge in [0.2, 0.25) is 0 Å². The molecule has 2 nitrogen and oxygen atoms in total. The Labute approximate surface area is 113 Å². The topological polar surface area (TPSA) is 17.0 Å². The molecule has 0 bridgehead atoms. The van der Waals surface area contributed by atoms with Crippen LogP contribution in [0.1, 0.15) is 24.8 Å². The summed E-state index contributed by atoms with van der Waals surface area (Å²) in [5.74, 6) is 0.557. The van der Waals surface area contributed by atoms with Crippen molar-refractivity contribution in [2.24, 2.45) is 13.0 Å². The maximum absolute atomic E-state index is 13.9. The van der Waals surface area contributed by atoms with Gasteiger partial charge >= 0.3 is 0 Å². The fraction of sp³-hybridized carbons (Fsp3) is 0.500. The van der Waals surface area contributed by atoms with Gasteiger partial charge in [-0.2, -0.15) is 0 Å². The largest absolute Gasteiger partial charge is 0.348 e. The van der Waals surface area contributed by atoms with Gasteiger partial charge in [-0.1, -0.05) is 18.6 Å². The zero-order valence-electron chi connectivity index (χ0n) is 11.6. The van der Waals surface area contributed by atoms with Crippen LogP contribution in [0.2, 0.25) is 0 Å². The molecule has 0 radical (unpaired) electrons. The molecule has 0 amide bonds. The van der Waals surface area contributed by atoms with Crippen molar-refractivity contribution >= 4 is 10.9 Å². The highest BCUT2D eigenvalue weighted by Gasteiger charge is 2.27. The van der Waals surface area contributed by atoms with Crippen molar-refractivity contribution < 1.29 is 4.39 Å². The zero-order valence-corrected chi connectivity index (χ0v) is 11.6. The standard InChI is InChI=1S/C16H21FN2/c1-18-15-8-3-5-11(15)9-12-10-19(2)16-13(12)6-4-7-14(16)17/h4,6-7,10-11,15,18H,3,5,8-9H2,1-2H3. The fourth-order valence-corrected chi connectivity index (χ4v) is 3.61. The van der Waals surface area contributed by atoms with E-state index < -0.39 is 0 Å². The Bertz CT molecular complexity index is 588. The lowest BCUT2D eigenvalue weighted by Crippen LogP contribution is -2.29. The second kappa shape index (κ2) is 4.97. The Morgan fingerprint density at radius 2 is 2.21 bits per heavy atom. The fourth-order valence-electron chi connectivity index (χ4n) is 3.61. The third-order valence-corrected chi connectivity index (χ3v) is 4.55. The molecule has 2 unspecified atom stereocenters. The third kappa shape index (κ3) is 2.16. The Hall–Kier alpha value is -1.35. The van der Waals surface area contributed by atoms with Crippen molar-refractivity contribution in [3.05, 3.63) is 35.8 Å². The monoisotopic (exact) mass is 260 g/mol. The molecule has 1 aliphatic rings. The van der Waals surface area contributed by atoms with Crippen LogP contribution >= 0.6 is 0 Å². The van der Waals surface area contributed by atoms with Crippen LogP contribution in [0.25, 0.3) is 10.9 Å². The van der Waals surface area contributed by atoms with Crippen LogP contribution in [0.15, 0.2) is 24.4 Å². The number of nitrogens with zero attached hydrogens (tertiary/aromatic N) is 1. The summed E-state index contributed by atoms with van der Waals surface area (Å²) in [6.07, 6.45) is 6.98. The van der Waals surface area contributed by atoms with Gasteiger partial charge in [-0.3, -0.25) is 0 Å². The van der Waals surface area contributed by atoms with E-state index in [4.69, 9.17) is 0 Å². The first-order valence-corrected chi connectivity index (χ1v) is 7.10. The number of halogens is 1.